The third kappa shape index (κ3) is 8.81. The summed E-state index contributed by atoms with van der Waals surface area (Å²) in [5, 5.41) is 0. The Kier molecular flexibility index (Phi) is 11.1. The monoisotopic (exact) mass is 378 g/mol. The Morgan fingerprint density at radius 1 is 1.04 bits per heavy atom. The molecule has 0 spiro atoms. The largest absolute Gasteiger partial charge is 0.353 e. The number of pyridine rings is 2. The first-order chi connectivity index (χ1) is 12.9. The van der Waals surface area contributed by atoms with E-state index in [1.807, 2.05) is 30.9 Å². The van der Waals surface area contributed by atoms with Crippen LogP contribution >= 0.6 is 0 Å². The molecular formula is C21H29N3NaO2. The van der Waals surface area contributed by atoms with Gasteiger partial charge in [-0.2, -0.15) is 0 Å². The van der Waals surface area contributed by atoms with Gasteiger partial charge in [-0.25, -0.2) is 0 Å². The fourth-order valence-corrected chi connectivity index (χ4v) is 3.20. The van der Waals surface area contributed by atoms with Crippen molar-refractivity contribution in [3.8, 4) is 0 Å². The molecule has 141 valence electrons. The maximum atomic E-state index is 5.88. The molecule has 0 aliphatic carbocycles. The summed E-state index contributed by atoms with van der Waals surface area (Å²) in [4.78, 5) is 10.8. The predicted octanol–water partition coefficient (Wildman–Crippen LogP) is 3.07. The molecule has 3 rings (SSSR count). The van der Waals surface area contributed by atoms with E-state index >= 15 is 0 Å². The molecule has 27 heavy (non-hydrogen) atoms. The van der Waals surface area contributed by atoms with Crippen LogP contribution in [0.5, 0.6) is 0 Å². The van der Waals surface area contributed by atoms with Crippen molar-refractivity contribution in [2.24, 2.45) is 0 Å². The first kappa shape index (κ1) is 22.5. The molecule has 0 amide bonds. The third-order valence-corrected chi connectivity index (χ3v) is 4.66. The van der Waals surface area contributed by atoms with Crippen LogP contribution in [0.2, 0.25) is 0 Å². The van der Waals surface area contributed by atoms with Crippen LogP contribution in [0.1, 0.15) is 36.8 Å². The van der Waals surface area contributed by atoms with Gasteiger partial charge in [0.15, 0.2) is 6.29 Å². The molecule has 1 aliphatic rings. The summed E-state index contributed by atoms with van der Waals surface area (Å²) in [6.07, 6.45) is 12.9. The maximum Gasteiger partial charge on any atom is 0.157 e. The number of rotatable bonds is 10. The van der Waals surface area contributed by atoms with Gasteiger partial charge in [0.2, 0.25) is 0 Å². The smallest absolute Gasteiger partial charge is 0.157 e. The van der Waals surface area contributed by atoms with E-state index in [-0.39, 0.29) is 35.8 Å². The molecule has 1 unspecified atom stereocenters. The standard InChI is InChI=1S/C21H29N3O2.Na/c1-2-15-25-21(6-1)26-16-4-13-24(18-20-7-11-22-12-8-20)14-9-19-5-3-10-23-17-19;/h3,5,7-8,10-12,17,21H,1-2,4,6,9,13-16,18H2;. The quantitative estimate of drug-likeness (QED) is 0.470. The van der Waals surface area contributed by atoms with Crippen molar-refractivity contribution in [1.82, 2.24) is 14.9 Å². The van der Waals surface area contributed by atoms with Crippen molar-refractivity contribution in [3.63, 3.8) is 0 Å². The van der Waals surface area contributed by atoms with Gasteiger partial charge < -0.3 is 9.47 Å². The van der Waals surface area contributed by atoms with E-state index in [0.29, 0.717) is 0 Å². The molecule has 1 atom stereocenters. The zero-order valence-corrected chi connectivity index (χ0v) is 18.4. The van der Waals surface area contributed by atoms with Gasteiger partial charge in [-0.3, -0.25) is 14.9 Å². The van der Waals surface area contributed by atoms with E-state index < -0.39 is 0 Å². The van der Waals surface area contributed by atoms with Gasteiger partial charge in [0.05, 0.1) is 6.61 Å². The predicted molar refractivity (Wildman–Crippen MR) is 107 cm³/mol. The van der Waals surface area contributed by atoms with Gasteiger partial charge in [-0.1, -0.05) is 6.07 Å². The molecule has 6 heteroatoms. The Hall–Kier alpha value is -0.820. The summed E-state index contributed by atoms with van der Waals surface area (Å²) < 4.78 is 11.5. The summed E-state index contributed by atoms with van der Waals surface area (Å²) in [6.45, 7) is 4.54. The SMILES string of the molecule is [Na].c1cncc(CCN(CCCOC2CCCCO2)Cc2ccncc2)c1. The van der Waals surface area contributed by atoms with E-state index in [4.69, 9.17) is 9.47 Å². The molecule has 0 bridgehead atoms. The van der Waals surface area contributed by atoms with E-state index in [2.05, 4.69) is 33.1 Å². The minimum Gasteiger partial charge on any atom is -0.353 e. The summed E-state index contributed by atoms with van der Waals surface area (Å²) in [5.74, 6) is 0. The first-order valence-corrected chi connectivity index (χ1v) is 9.63. The van der Waals surface area contributed by atoms with Crippen LogP contribution in [0.3, 0.4) is 0 Å². The summed E-state index contributed by atoms with van der Waals surface area (Å²) >= 11 is 0. The van der Waals surface area contributed by atoms with Crippen LogP contribution < -0.4 is 0 Å². The molecule has 3 heterocycles. The van der Waals surface area contributed by atoms with Crippen LogP contribution in [-0.2, 0) is 22.4 Å². The van der Waals surface area contributed by atoms with E-state index in [1.165, 1.54) is 17.5 Å². The first-order valence-electron chi connectivity index (χ1n) is 9.63. The van der Waals surface area contributed by atoms with E-state index in [1.54, 1.807) is 0 Å². The Balaban J connectivity index is 0.00000261. The Morgan fingerprint density at radius 3 is 2.67 bits per heavy atom. The molecule has 2 aromatic rings. The van der Waals surface area contributed by atoms with Gasteiger partial charge in [-0.05, 0) is 61.4 Å². The summed E-state index contributed by atoms with van der Waals surface area (Å²) in [6, 6.07) is 8.31. The van der Waals surface area contributed by atoms with Gasteiger partial charge in [0.1, 0.15) is 0 Å². The third-order valence-electron chi connectivity index (χ3n) is 4.66. The van der Waals surface area contributed by atoms with E-state index in [9.17, 15) is 0 Å². The fourth-order valence-electron chi connectivity index (χ4n) is 3.20. The Morgan fingerprint density at radius 2 is 1.93 bits per heavy atom. The zero-order valence-electron chi connectivity index (χ0n) is 16.4. The molecule has 0 N–H and O–H groups in total. The minimum absolute atomic E-state index is 0. The van der Waals surface area contributed by atoms with Crippen molar-refractivity contribution < 1.29 is 9.47 Å². The maximum absolute atomic E-state index is 5.88. The van der Waals surface area contributed by atoms with Crippen LogP contribution in [0, 0.1) is 0 Å². The van der Waals surface area contributed by atoms with Crippen molar-refractivity contribution >= 4 is 29.6 Å². The molecule has 0 saturated carbocycles. The summed E-state index contributed by atoms with van der Waals surface area (Å²) in [7, 11) is 0. The minimum atomic E-state index is 0. The normalized spacial score (nSPS) is 16.9. The van der Waals surface area contributed by atoms with Crippen molar-refractivity contribution in [2.75, 3.05) is 26.3 Å². The number of hydrogen-bond acceptors (Lipinski definition) is 5. The van der Waals surface area contributed by atoms with Crippen molar-refractivity contribution in [1.29, 1.82) is 0 Å². The van der Waals surface area contributed by atoms with Gasteiger partial charge in [0.25, 0.3) is 0 Å². The van der Waals surface area contributed by atoms with E-state index in [0.717, 1.165) is 58.5 Å². The summed E-state index contributed by atoms with van der Waals surface area (Å²) in [5.41, 5.74) is 2.57. The second-order valence-electron chi connectivity index (χ2n) is 6.76. The molecule has 2 aromatic heterocycles. The average Bonchev–Trinajstić information content (AvgIpc) is 2.71. The molecule has 1 radical (unpaired) electrons. The molecule has 1 fully saturated rings. The molecular weight excluding hydrogens is 349 g/mol. The topological polar surface area (TPSA) is 47.5 Å². The van der Waals surface area contributed by atoms with Gasteiger partial charge in [0, 0.05) is 80.6 Å². The average molecular weight is 378 g/mol. The fraction of sp³-hybridized carbons (Fsp3) is 0.524. The van der Waals surface area contributed by atoms with Crippen LogP contribution in [-0.4, -0.2) is 77.0 Å². The van der Waals surface area contributed by atoms with Crippen LogP contribution in [0.4, 0.5) is 0 Å². The van der Waals surface area contributed by atoms with Crippen LogP contribution in [0.25, 0.3) is 0 Å². The molecule has 5 nitrogen and oxygen atoms in total. The number of aromatic nitrogens is 2. The number of ether oxygens (including phenoxy) is 2. The number of hydrogen-bond donors (Lipinski definition) is 0. The second-order valence-corrected chi connectivity index (χ2v) is 6.76. The Labute approximate surface area is 184 Å². The zero-order chi connectivity index (χ0) is 17.9. The van der Waals surface area contributed by atoms with Crippen molar-refractivity contribution in [3.05, 3.63) is 60.2 Å². The second kappa shape index (κ2) is 13.4. The Bertz CT molecular complexity index is 609. The van der Waals surface area contributed by atoms with Gasteiger partial charge >= 0.3 is 0 Å². The van der Waals surface area contributed by atoms with Gasteiger partial charge in [-0.15, -0.1) is 0 Å². The molecule has 0 aromatic carbocycles. The number of nitrogens with zero attached hydrogens (tertiary/aromatic N) is 3. The molecule has 1 aliphatic heterocycles. The van der Waals surface area contributed by atoms with Crippen LogP contribution in [0.15, 0.2) is 49.1 Å². The van der Waals surface area contributed by atoms with Crippen molar-refractivity contribution in [2.45, 2.75) is 44.9 Å². The molecule has 1 saturated heterocycles.